The Morgan fingerprint density at radius 3 is 2.80 bits per heavy atom. The first kappa shape index (κ1) is 15.7. The van der Waals surface area contributed by atoms with Crippen LogP contribution in [0.25, 0.3) is 5.82 Å². The SMILES string of the molecule is CCc1nccn1-c1cccc([C@H]2CCCN(c3ncccn3)C2)n1. The summed E-state index contributed by atoms with van der Waals surface area (Å²) in [4.78, 5) is 20.4. The molecule has 1 aliphatic heterocycles. The van der Waals surface area contributed by atoms with Gasteiger partial charge in [0.15, 0.2) is 0 Å². The van der Waals surface area contributed by atoms with Crippen LogP contribution in [0.5, 0.6) is 0 Å². The maximum absolute atomic E-state index is 4.93. The fourth-order valence-corrected chi connectivity index (χ4v) is 3.46. The van der Waals surface area contributed by atoms with E-state index in [-0.39, 0.29) is 0 Å². The molecule has 4 rings (SSSR count). The third-order valence-corrected chi connectivity index (χ3v) is 4.71. The van der Waals surface area contributed by atoms with E-state index in [0.717, 1.165) is 55.6 Å². The van der Waals surface area contributed by atoms with Gasteiger partial charge in [0.25, 0.3) is 0 Å². The van der Waals surface area contributed by atoms with Gasteiger partial charge in [0.1, 0.15) is 11.6 Å². The summed E-state index contributed by atoms with van der Waals surface area (Å²) in [6.45, 7) is 4.02. The van der Waals surface area contributed by atoms with Gasteiger partial charge in [-0.2, -0.15) is 0 Å². The molecule has 1 aliphatic rings. The number of anilines is 1. The van der Waals surface area contributed by atoms with E-state index in [1.807, 2.05) is 24.5 Å². The van der Waals surface area contributed by atoms with Crippen LogP contribution >= 0.6 is 0 Å². The molecule has 0 spiro atoms. The van der Waals surface area contributed by atoms with E-state index in [1.54, 1.807) is 12.4 Å². The number of piperidine rings is 1. The summed E-state index contributed by atoms with van der Waals surface area (Å²) in [6, 6.07) is 8.12. The summed E-state index contributed by atoms with van der Waals surface area (Å²) in [5.41, 5.74) is 1.13. The Morgan fingerprint density at radius 2 is 1.96 bits per heavy atom. The number of aromatic nitrogens is 5. The van der Waals surface area contributed by atoms with Gasteiger partial charge in [0.05, 0.1) is 0 Å². The lowest BCUT2D eigenvalue weighted by atomic mass is 9.94. The summed E-state index contributed by atoms with van der Waals surface area (Å²) < 4.78 is 2.07. The Hall–Kier alpha value is -2.76. The zero-order chi connectivity index (χ0) is 17.1. The van der Waals surface area contributed by atoms with Gasteiger partial charge < -0.3 is 4.90 Å². The third kappa shape index (κ3) is 3.24. The lowest BCUT2D eigenvalue weighted by Gasteiger charge is -2.32. The molecule has 1 atom stereocenters. The van der Waals surface area contributed by atoms with Gasteiger partial charge in [-0.1, -0.05) is 13.0 Å². The number of imidazole rings is 1. The molecule has 0 bridgehead atoms. The predicted molar refractivity (Wildman–Crippen MR) is 97.0 cm³/mol. The van der Waals surface area contributed by atoms with E-state index >= 15 is 0 Å². The van der Waals surface area contributed by atoms with Gasteiger partial charge in [0.2, 0.25) is 5.95 Å². The lowest BCUT2D eigenvalue weighted by molar-refractivity contribution is 0.495. The third-order valence-electron chi connectivity index (χ3n) is 4.71. The number of nitrogens with zero attached hydrogens (tertiary/aromatic N) is 6. The summed E-state index contributed by atoms with van der Waals surface area (Å²) in [7, 11) is 0. The minimum Gasteiger partial charge on any atom is -0.340 e. The van der Waals surface area contributed by atoms with Gasteiger partial charge in [-0.05, 0) is 31.0 Å². The minimum atomic E-state index is 0.395. The monoisotopic (exact) mass is 334 g/mol. The molecule has 0 radical (unpaired) electrons. The molecule has 128 valence electrons. The van der Waals surface area contributed by atoms with Crippen LogP contribution in [0.2, 0.25) is 0 Å². The molecule has 0 amide bonds. The Labute approximate surface area is 147 Å². The highest BCUT2D eigenvalue weighted by Gasteiger charge is 2.24. The van der Waals surface area contributed by atoms with Crippen molar-refractivity contribution in [3.63, 3.8) is 0 Å². The molecule has 6 heteroatoms. The van der Waals surface area contributed by atoms with Gasteiger partial charge >= 0.3 is 0 Å². The van der Waals surface area contributed by atoms with Crippen LogP contribution in [0.15, 0.2) is 49.1 Å². The van der Waals surface area contributed by atoms with E-state index in [0.29, 0.717) is 5.92 Å². The van der Waals surface area contributed by atoms with Crippen molar-refractivity contribution in [2.45, 2.75) is 32.1 Å². The first-order valence-corrected chi connectivity index (χ1v) is 8.86. The molecule has 4 heterocycles. The Bertz CT molecular complexity index is 829. The largest absolute Gasteiger partial charge is 0.340 e. The van der Waals surface area contributed by atoms with Crippen molar-refractivity contribution in [3.8, 4) is 5.82 Å². The quantitative estimate of drug-likeness (QED) is 0.734. The highest BCUT2D eigenvalue weighted by Crippen LogP contribution is 2.28. The van der Waals surface area contributed by atoms with Gasteiger partial charge in [0, 0.05) is 55.9 Å². The Kier molecular flexibility index (Phi) is 4.41. The second-order valence-corrected chi connectivity index (χ2v) is 6.32. The van der Waals surface area contributed by atoms with Crippen LogP contribution < -0.4 is 4.90 Å². The molecule has 3 aromatic heterocycles. The second-order valence-electron chi connectivity index (χ2n) is 6.32. The van der Waals surface area contributed by atoms with Gasteiger partial charge in [-0.15, -0.1) is 0 Å². The second kappa shape index (κ2) is 7.01. The lowest BCUT2D eigenvalue weighted by Crippen LogP contribution is -2.35. The van der Waals surface area contributed by atoms with Crippen molar-refractivity contribution < 1.29 is 0 Å². The van der Waals surface area contributed by atoms with Crippen molar-refractivity contribution in [1.29, 1.82) is 0 Å². The normalized spacial score (nSPS) is 17.6. The number of rotatable bonds is 4. The average molecular weight is 334 g/mol. The van der Waals surface area contributed by atoms with Crippen molar-refractivity contribution in [1.82, 2.24) is 24.5 Å². The fraction of sp³-hybridized carbons (Fsp3) is 0.368. The first-order valence-electron chi connectivity index (χ1n) is 8.86. The summed E-state index contributed by atoms with van der Waals surface area (Å²) in [5, 5.41) is 0. The van der Waals surface area contributed by atoms with Gasteiger partial charge in [-0.3, -0.25) is 4.57 Å². The molecule has 0 saturated carbocycles. The van der Waals surface area contributed by atoms with E-state index in [2.05, 4.69) is 43.5 Å². The van der Waals surface area contributed by atoms with Crippen LogP contribution in [0.1, 0.15) is 37.2 Å². The Balaban J connectivity index is 1.58. The molecule has 3 aromatic rings. The molecule has 25 heavy (non-hydrogen) atoms. The van der Waals surface area contributed by atoms with Gasteiger partial charge in [-0.25, -0.2) is 19.9 Å². The highest BCUT2D eigenvalue weighted by atomic mass is 15.3. The fourth-order valence-electron chi connectivity index (χ4n) is 3.46. The van der Waals surface area contributed by atoms with Crippen molar-refractivity contribution in [2.75, 3.05) is 18.0 Å². The molecular weight excluding hydrogens is 312 g/mol. The Morgan fingerprint density at radius 1 is 1.08 bits per heavy atom. The number of aryl methyl sites for hydroxylation is 1. The topological polar surface area (TPSA) is 59.7 Å². The van der Waals surface area contributed by atoms with Crippen molar-refractivity contribution >= 4 is 5.95 Å². The van der Waals surface area contributed by atoms with Crippen LogP contribution in [0.4, 0.5) is 5.95 Å². The number of hydrogen-bond donors (Lipinski definition) is 0. The van der Waals surface area contributed by atoms with E-state index < -0.39 is 0 Å². The minimum absolute atomic E-state index is 0.395. The summed E-state index contributed by atoms with van der Waals surface area (Å²) in [5.74, 6) is 3.19. The molecule has 0 unspecified atom stereocenters. The molecule has 1 saturated heterocycles. The number of pyridine rings is 1. The molecular formula is C19H22N6. The van der Waals surface area contributed by atoms with E-state index in [9.17, 15) is 0 Å². The first-order chi connectivity index (χ1) is 12.3. The number of hydrogen-bond acceptors (Lipinski definition) is 5. The van der Waals surface area contributed by atoms with Crippen LogP contribution in [0.3, 0.4) is 0 Å². The summed E-state index contributed by atoms with van der Waals surface area (Å²) in [6.07, 6.45) is 10.6. The highest BCUT2D eigenvalue weighted by molar-refractivity contribution is 5.33. The van der Waals surface area contributed by atoms with Crippen molar-refractivity contribution in [2.24, 2.45) is 0 Å². The predicted octanol–water partition coefficient (Wildman–Crippen LogP) is 3.00. The maximum Gasteiger partial charge on any atom is 0.225 e. The van der Waals surface area contributed by atoms with Crippen LogP contribution in [-0.2, 0) is 6.42 Å². The summed E-state index contributed by atoms with van der Waals surface area (Å²) >= 11 is 0. The average Bonchev–Trinajstić information content (AvgIpc) is 3.18. The van der Waals surface area contributed by atoms with E-state index in [1.165, 1.54) is 0 Å². The van der Waals surface area contributed by atoms with E-state index in [4.69, 9.17) is 4.98 Å². The zero-order valence-corrected chi connectivity index (χ0v) is 14.4. The molecule has 1 fully saturated rings. The maximum atomic E-state index is 4.93. The molecule has 0 N–H and O–H groups in total. The van der Waals surface area contributed by atoms with Crippen LogP contribution in [-0.4, -0.2) is 37.6 Å². The van der Waals surface area contributed by atoms with Crippen molar-refractivity contribution in [3.05, 3.63) is 60.6 Å². The standard InChI is InChI=1S/C19H22N6/c1-2-17-20-11-13-25(17)18-8-3-7-16(23-18)15-6-4-12-24(14-15)19-21-9-5-10-22-19/h3,5,7-11,13,15H,2,4,6,12,14H2,1H3/t15-/m0/s1. The smallest absolute Gasteiger partial charge is 0.225 e. The zero-order valence-electron chi connectivity index (χ0n) is 14.4. The molecule has 0 aromatic carbocycles. The molecule has 6 nitrogen and oxygen atoms in total. The molecule has 0 aliphatic carbocycles. The van der Waals surface area contributed by atoms with Crippen LogP contribution in [0, 0.1) is 0 Å².